The molecule has 1 N–H and O–H groups in total. The van der Waals surface area contributed by atoms with Crippen LogP contribution in [-0.4, -0.2) is 31.0 Å². The highest BCUT2D eigenvalue weighted by atomic mass is 19.1. The average Bonchev–Trinajstić information content (AvgIpc) is 2.82. The molecule has 1 heterocycles. The van der Waals surface area contributed by atoms with E-state index in [1.54, 1.807) is 0 Å². The van der Waals surface area contributed by atoms with Crippen molar-refractivity contribution in [3.05, 3.63) is 45.5 Å². The Hall–Kier alpha value is -2.84. The Balaban J connectivity index is 2.61. The van der Waals surface area contributed by atoms with Gasteiger partial charge in [0.05, 0.1) is 22.4 Å². The summed E-state index contributed by atoms with van der Waals surface area (Å²) in [5.41, 5.74) is -0.362. The van der Waals surface area contributed by atoms with E-state index in [9.17, 15) is 19.3 Å². The Morgan fingerprint density at radius 1 is 1.48 bits per heavy atom. The first kappa shape index (κ1) is 14.6. The number of aromatic nitrogens is 3. The summed E-state index contributed by atoms with van der Waals surface area (Å²) in [6.07, 6.45) is 0.962. The molecule has 0 saturated heterocycles. The Labute approximate surface area is 118 Å². The smallest absolute Gasteiger partial charge is 0.358 e. The predicted molar refractivity (Wildman–Crippen MR) is 68.9 cm³/mol. The Bertz CT molecular complexity index is 713. The predicted octanol–water partition coefficient (Wildman–Crippen LogP) is 1.97. The van der Waals surface area contributed by atoms with Crippen molar-refractivity contribution in [1.29, 1.82) is 0 Å². The van der Waals surface area contributed by atoms with E-state index in [2.05, 4.69) is 10.3 Å². The van der Waals surface area contributed by atoms with Gasteiger partial charge in [-0.1, -0.05) is 18.6 Å². The van der Waals surface area contributed by atoms with Crippen molar-refractivity contribution < 1.29 is 19.2 Å². The molecule has 1 aromatic heterocycles. The van der Waals surface area contributed by atoms with E-state index >= 15 is 0 Å². The fourth-order valence-electron chi connectivity index (χ4n) is 1.92. The van der Waals surface area contributed by atoms with Gasteiger partial charge in [-0.2, -0.15) is 0 Å². The van der Waals surface area contributed by atoms with Crippen LogP contribution in [0.3, 0.4) is 0 Å². The quantitative estimate of drug-likeness (QED) is 0.666. The lowest BCUT2D eigenvalue weighted by molar-refractivity contribution is -0.385. The molecule has 9 heteroatoms. The zero-order valence-electron chi connectivity index (χ0n) is 11.0. The molecule has 0 fully saturated rings. The summed E-state index contributed by atoms with van der Waals surface area (Å²) in [5, 5.41) is 27.0. The minimum atomic E-state index is -1.25. The van der Waals surface area contributed by atoms with Crippen LogP contribution in [0.5, 0.6) is 0 Å². The number of hydrogen-bond donors (Lipinski definition) is 1. The molecule has 8 nitrogen and oxygen atoms in total. The maximum atomic E-state index is 13.5. The van der Waals surface area contributed by atoms with Gasteiger partial charge in [0.1, 0.15) is 5.82 Å². The monoisotopic (exact) mass is 294 g/mol. The van der Waals surface area contributed by atoms with Crippen LogP contribution in [0.1, 0.15) is 29.5 Å². The summed E-state index contributed by atoms with van der Waals surface area (Å²) in [6, 6.07) is 2.92. The number of carboxylic acids is 1. The van der Waals surface area contributed by atoms with Crippen LogP contribution in [0, 0.1) is 15.9 Å². The van der Waals surface area contributed by atoms with E-state index in [-0.39, 0.29) is 17.1 Å². The number of aromatic carboxylic acids is 1. The van der Waals surface area contributed by atoms with E-state index in [1.165, 1.54) is 0 Å². The molecule has 110 valence electrons. The molecule has 2 rings (SSSR count). The number of carbonyl (C=O) groups is 1. The summed E-state index contributed by atoms with van der Waals surface area (Å²) in [5.74, 6) is -2.07. The van der Waals surface area contributed by atoms with Crippen LogP contribution in [0.15, 0.2) is 18.2 Å². The number of nitrogens with zero attached hydrogens (tertiary/aromatic N) is 4. The van der Waals surface area contributed by atoms with E-state index in [4.69, 9.17) is 5.11 Å². The molecule has 0 atom stereocenters. The van der Waals surface area contributed by atoms with Crippen molar-refractivity contribution in [2.24, 2.45) is 0 Å². The summed E-state index contributed by atoms with van der Waals surface area (Å²) in [4.78, 5) is 21.1. The number of hydrogen-bond acceptors (Lipinski definition) is 5. The van der Waals surface area contributed by atoms with Crippen molar-refractivity contribution in [1.82, 2.24) is 15.0 Å². The zero-order valence-corrected chi connectivity index (χ0v) is 11.0. The van der Waals surface area contributed by atoms with E-state index in [1.807, 2.05) is 6.92 Å². The molecule has 0 amide bonds. The molecule has 21 heavy (non-hydrogen) atoms. The van der Waals surface area contributed by atoms with Gasteiger partial charge in [0.15, 0.2) is 5.69 Å². The van der Waals surface area contributed by atoms with E-state index < -0.39 is 22.4 Å². The van der Waals surface area contributed by atoms with Gasteiger partial charge in [0, 0.05) is 12.1 Å². The third kappa shape index (κ3) is 2.86. The number of rotatable bonds is 5. The highest BCUT2D eigenvalue weighted by Gasteiger charge is 2.21. The van der Waals surface area contributed by atoms with Gasteiger partial charge in [-0.05, 0) is 6.42 Å². The lowest BCUT2D eigenvalue weighted by Gasteiger charge is -2.06. The second kappa shape index (κ2) is 5.65. The minimum absolute atomic E-state index is 0.0603. The lowest BCUT2D eigenvalue weighted by atomic mass is 10.2. The fourth-order valence-corrected chi connectivity index (χ4v) is 1.92. The number of non-ortho nitro benzene ring substituents is 1. The average molecular weight is 294 g/mol. The molecule has 0 spiro atoms. The summed E-state index contributed by atoms with van der Waals surface area (Å²) in [7, 11) is 0. The van der Waals surface area contributed by atoms with Crippen molar-refractivity contribution in [3.8, 4) is 5.69 Å². The standard InChI is InChI=1S/C12H11FN4O4/c1-2-3-10-11(12(18)19)14-15-16(10)8-4-7(13)5-9(6-8)17(20)21/h4-6H,2-3H2,1H3,(H,18,19). The van der Waals surface area contributed by atoms with Crippen LogP contribution >= 0.6 is 0 Å². The Morgan fingerprint density at radius 2 is 2.19 bits per heavy atom. The SMILES string of the molecule is CCCc1c(C(=O)O)nnn1-c1cc(F)cc([N+](=O)[O-])c1. The minimum Gasteiger partial charge on any atom is -0.476 e. The van der Waals surface area contributed by atoms with Crippen molar-refractivity contribution in [2.75, 3.05) is 0 Å². The van der Waals surface area contributed by atoms with Gasteiger partial charge in [-0.25, -0.2) is 13.9 Å². The van der Waals surface area contributed by atoms with Crippen LogP contribution in [0.4, 0.5) is 10.1 Å². The van der Waals surface area contributed by atoms with Crippen LogP contribution in [-0.2, 0) is 6.42 Å². The number of nitro groups is 1. The number of nitro benzene ring substituents is 1. The third-order valence-electron chi connectivity index (χ3n) is 2.78. The fraction of sp³-hybridized carbons (Fsp3) is 0.250. The summed E-state index contributed by atoms with van der Waals surface area (Å²) in [6.45, 7) is 1.83. The molecule has 0 saturated carbocycles. The normalized spacial score (nSPS) is 10.6. The van der Waals surface area contributed by atoms with Crippen LogP contribution in [0.2, 0.25) is 0 Å². The number of carboxylic acid groups (broad SMARTS) is 1. The molecular formula is C12H11FN4O4. The second-order valence-corrected chi connectivity index (χ2v) is 4.28. The highest BCUT2D eigenvalue weighted by molar-refractivity contribution is 5.86. The Kier molecular flexibility index (Phi) is 3.92. The number of halogens is 1. The molecule has 2 aromatic rings. The van der Waals surface area contributed by atoms with Crippen LogP contribution in [0.25, 0.3) is 5.69 Å². The first-order chi connectivity index (χ1) is 9.93. The molecule has 0 aliphatic heterocycles. The van der Waals surface area contributed by atoms with Gasteiger partial charge in [0.25, 0.3) is 5.69 Å². The maximum absolute atomic E-state index is 13.5. The summed E-state index contributed by atoms with van der Waals surface area (Å²) >= 11 is 0. The molecule has 0 radical (unpaired) electrons. The van der Waals surface area contributed by atoms with Gasteiger partial charge < -0.3 is 5.11 Å². The number of benzene rings is 1. The van der Waals surface area contributed by atoms with Crippen molar-refractivity contribution in [2.45, 2.75) is 19.8 Å². The summed E-state index contributed by atoms with van der Waals surface area (Å²) < 4.78 is 14.6. The van der Waals surface area contributed by atoms with Crippen molar-refractivity contribution >= 4 is 11.7 Å². The van der Waals surface area contributed by atoms with Gasteiger partial charge >= 0.3 is 5.97 Å². The molecule has 0 aliphatic carbocycles. The van der Waals surface area contributed by atoms with Gasteiger partial charge in [-0.15, -0.1) is 5.10 Å². The molecule has 0 aliphatic rings. The van der Waals surface area contributed by atoms with Crippen molar-refractivity contribution in [3.63, 3.8) is 0 Å². The van der Waals surface area contributed by atoms with Gasteiger partial charge in [-0.3, -0.25) is 10.1 Å². The maximum Gasteiger partial charge on any atom is 0.358 e. The first-order valence-electron chi connectivity index (χ1n) is 6.07. The molecule has 0 unspecified atom stereocenters. The molecule has 1 aromatic carbocycles. The van der Waals surface area contributed by atoms with Crippen LogP contribution < -0.4 is 0 Å². The Morgan fingerprint density at radius 3 is 2.76 bits per heavy atom. The van der Waals surface area contributed by atoms with E-state index in [0.29, 0.717) is 12.8 Å². The van der Waals surface area contributed by atoms with E-state index in [0.717, 1.165) is 22.9 Å². The van der Waals surface area contributed by atoms with Gasteiger partial charge in [0.2, 0.25) is 0 Å². The highest BCUT2D eigenvalue weighted by Crippen LogP contribution is 2.21. The second-order valence-electron chi connectivity index (χ2n) is 4.28. The third-order valence-corrected chi connectivity index (χ3v) is 2.78. The largest absolute Gasteiger partial charge is 0.476 e. The first-order valence-corrected chi connectivity index (χ1v) is 6.07. The molecule has 0 bridgehead atoms. The molecular weight excluding hydrogens is 283 g/mol. The zero-order chi connectivity index (χ0) is 15.6. The lowest BCUT2D eigenvalue weighted by Crippen LogP contribution is -2.07. The topological polar surface area (TPSA) is 111 Å².